The Morgan fingerprint density at radius 1 is 0.407 bits per heavy atom. The number of ether oxygens (including phenoxy) is 1. The van der Waals surface area contributed by atoms with Crippen molar-refractivity contribution in [3.05, 3.63) is 206 Å². The van der Waals surface area contributed by atoms with Gasteiger partial charge in [0.05, 0.1) is 33.6 Å². The van der Waals surface area contributed by atoms with Crippen molar-refractivity contribution in [2.45, 2.75) is 0 Å². The summed E-state index contributed by atoms with van der Waals surface area (Å²) in [5.74, 6) is 2.33. The van der Waals surface area contributed by atoms with Crippen molar-refractivity contribution in [1.82, 2.24) is 14.5 Å². The molecule has 59 heavy (non-hydrogen) atoms. The highest BCUT2D eigenvalue weighted by atomic mass is 16.5. The summed E-state index contributed by atoms with van der Waals surface area (Å²) < 4.78 is 9.09. The lowest BCUT2D eigenvalue weighted by atomic mass is 9.96. The minimum atomic E-state index is 0.691. The first-order valence-electron chi connectivity index (χ1n) is 19.9. The van der Waals surface area contributed by atoms with Crippen LogP contribution in [-0.2, 0) is 0 Å². The molecule has 3 heterocycles. The molecular formula is C54H34N4O. The Bertz CT molecular complexity index is 3430. The van der Waals surface area contributed by atoms with Crippen LogP contribution < -0.4 is 9.64 Å². The van der Waals surface area contributed by atoms with E-state index in [4.69, 9.17) is 14.7 Å². The van der Waals surface area contributed by atoms with Crippen molar-refractivity contribution in [3.63, 3.8) is 0 Å². The van der Waals surface area contributed by atoms with E-state index < -0.39 is 0 Å². The quantitative estimate of drug-likeness (QED) is 0.175. The molecule has 0 fully saturated rings. The van der Waals surface area contributed by atoms with Crippen molar-refractivity contribution >= 4 is 60.5 Å². The molecule has 0 aliphatic carbocycles. The van der Waals surface area contributed by atoms with E-state index >= 15 is 0 Å². The van der Waals surface area contributed by atoms with Crippen LogP contribution in [0.5, 0.6) is 11.5 Å². The summed E-state index contributed by atoms with van der Waals surface area (Å²) in [6, 6.07) is 72.5. The maximum absolute atomic E-state index is 6.70. The van der Waals surface area contributed by atoms with Gasteiger partial charge in [0.25, 0.3) is 0 Å². The van der Waals surface area contributed by atoms with Crippen LogP contribution >= 0.6 is 0 Å². The topological polar surface area (TPSA) is 43.2 Å². The third-order valence-corrected chi connectivity index (χ3v) is 11.5. The zero-order valence-corrected chi connectivity index (χ0v) is 31.8. The highest BCUT2D eigenvalue weighted by molar-refractivity contribution is 6.25. The Labute approximate surface area is 340 Å². The second-order valence-electron chi connectivity index (χ2n) is 15.0. The van der Waals surface area contributed by atoms with Crippen molar-refractivity contribution in [2.75, 3.05) is 4.90 Å². The number of para-hydroxylation sites is 4. The molecule has 276 valence electrons. The molecule has 5 nitrogen and oxygen atoms in total. The van der Waals surface area contributed by atoms with Crippen LogP contribution in [0.4, 0.5) is 17.1 Å². The lowest BCUT2D eigenvalue weighted by Gasteiger charge is -2.33. The fourth-order valence-electron chi connectivity index (χ4n) is 8.93. The Balaban J connectivity index is 1.06. The predicted molar refractivity (Wildman–Crippen MR) is 242 cm³/mol. The fraction of sp³-hybridized carbons (Fsp3) is 0. The summed E-state index contributed by atoms with van der Waals surface area (Å²) in [7, 11) is 0. The number of benzene rings is 9. The van der Waals surface area contributed by atoms with Gasteiger partial charge in [0.1, 0.15) is 0 Å². The Morgan fingerprint density at radius 2 is 1.10 bits per heavy atom. The predicted octanol–water partition coefficient (Wildman–Crippen LogP) is 14.5. The molecule has 0 saturated carbocycles. The van der Waals surface area contributed by atoms with E-state index in [0.717, 1.165) is 84.1 Å². The smallest absolute Gasteiger partial charge is 0.160 e. The fourth-order valence-corrected chi connectivity index (χ4v) is 8.93. The standard InChI is InChI=1S/C54H34N4O/c1-3-16-36(17-4-1)53-43-23-9-10-25-44(43)55-54(56-53)38-18-13-21-40(33-38)58-47-27-14-24-42(52(47)51-41-22-8-7-15-35(41)29-32-48(51)58)37-30-31-46-50(34-37)59-49-28-12-11-26-45(49)57(46)39-19-5-2-6-20-39/h1-34H. The SMILES string of the molecule is c1ccc(-c2nc(-c3cccc(-n4c5cccc(-c6ccc7c(c6)Oc6ccccc6N7c6ccccc6)c5c5c6ccccc6ccc54)c3)nc3ccccc23)cc1. The van der Waals surface area contributed by atoms with Crippen LogP contribution in [0.3, 0.4) is 0 Å². The number of hydrogen-bond acceptors (Lipinski definition) is 4. The summed E-state index contributed by atoms with van der Waals surface area (Å²) in [5, 5.41) is 5.84. The Kier molecular flexibility index (Phi) is 7.47. The van der Waals surface area contributed by atoms with Crippen LogP contribution in [0.2, 0.25) is 0 Å². The molecule has 0 N–H and O–H groups in total. The van der Waals surface area contributed by atoms with E-state index in [-0.39, 0.29) is 0 Å². The van der Waals surface area contributed by atoms with Crippen LogP contribution in [0, 0.1) is 0 Å². The first kappa shape index (κ1) is 33.2. The molecule has 5 heteroatoms. The van der Waals surface area contributed by atoms with Crippen LogP contribution in [-0.4, -0.2) is 14.5 Å². The minimum Gasteiger partial charge on any atom is -0.453 e. The maximum atomic E-state index is 6.70. The molecule has 9 aromatic carbocycles. The van der Waals surface area contributed by atoms with E-state index in [0.29, 0.717) is 5.82 Å². The molecule has 0 saturated heterocycles. The zero-order valence-electron chi connectivity index (χ0n) is 31.8. The lowest BCUT2D eigenvalue weighted by Crippen LogP contribution is -2.15. The summed E-state index contributed by atoms with van der Waals surface area (Å²) in [6.45, 7) is 0. The molecule has 11 aromatic rings. The average molecular weight is 755 g/mol. The highest BCUT2D eigenvalue weighted by Crippen LogP contribution is 2.52. The van der Waals surface area contributed by atoms with Crippen molar-refractivity contribution < 1.29 is 4.74 Å². The summed E-state index contributed by atoms with van der Waals surface area (Å²) in [4.78, 5) is 12.6. The molecule has 0 unspecified atom stereocenters. The van der Waals surface area contributed by atoms with Crippen molar-refractivity contribution in [2.24, 2.45) is 0 Å². The van der Waals surface area contributed by atoms with Crippen molar-refractivity contribution in [1.29, 1.82) is 0 Å². The van der Waals surface area contributed by atoms with E-state index in [1.54, 1.807) is 0 Å². The third-order valence-electron chi connectivity index (χ3n) is 11.5. The Hall–Kier alpha value is -8.02. The first-order chi connectivity index (χ1) is 29.3. The molecule has 1 aliphatic rings. The first-order valence-corrected chi connectivity index (χ1v) is 19.9. The number of rotatable bonds is 5. The normalized spacial score (nSPS) is 12.2. The van der Waals surface area contributed by atoms with Gasteiger partial charge in [0, 0.05) is 38.7 Å². The Morgan fingerprint density at radius 3 is 2.00 bits per heavy atom. The van der Waals surface area contributed by atoms with Crippen LogP contribution in [0.1, 0.15) is 0 Å². The van der Waals surface area contributed by atoms with E-state index in [9.17, 15) is 0 Å². The molecule has 0 atom stereocenters. The summed E-state index contributed by atoms with van der Waals surface area (Å²) in [5.41, 5.74) is 12.5. The van der Waals surface area contributed by atoms with Gasteiger partial charge in [-0.3, -0.25) is 0 Å². The second-order valence-corrected chi connectivity index (χ2v) is 15.0. The van der Waals surface area contributed by atoms with Crippen LogP contribution in [0.15, 0.2) is 206 Å². The minimum absolute atomic E-state index is 0.691. The van der Waals surface area contributed by atoms with E-state index in [1.807, 2.05) is 30.3 Å². The number of aromatic nitrogens is 3. The monoisotopic (exact) mass is 754 g/mol. The molecule has 0 bridgehead atoms. The average Bonchev–Trinajstić information content (AvgIpc) is 3.66. The highest BCUT2D eigenvalue weighted by Gasteiger charge is 2.27. The van der Waals surface area contributed by atoms with Gasteiger partial charge >= 0.3 is 0 Å². The molecule has 0 spiro atoms. The third kappa shape index (κ3) is 5.33. The van der Waals surface area contributed by atoms with E-state index in [1.165, 1.54) is 21.5 Å². The summed E-state index contributed by atoms with van der Waals surface area (Å²) in [6.07, 6.45) is 0. The van der Waals surface area contributed by atoms with Gasteiger partial charge < -0.3 is 14.2 Å². The number of nitrogens with zero attached hydrogens (tertiary/aromatic N) is 4. The number of fused-ring (bicyclic) bond motifs is 8. The van der Waals surface area contributed by atoms with Gasteiger partial charge in [-0.25, -0.2) is 9.97 Å². The molecular weight excluding hydrogens is 721 g/mol. The van der Waals surface area contributed by atoms with E-state index in [2.05, 4.69) is 185 Å². The zero-order chi connectivity index (χ0) is 38.9. The number of hydrogen-bond donors (Lipinski definition) is 0. The van der Waals surface area contributed by atoms with Crippen LogP contribution in [0.25, 0.3) is 82.9 Å². The molecule has 1 aliphatic heterocycles. The molecule has 0 radical (unpaired) electrons. The van der Waals surface area contributed by atoms with Gasteiger partial charge in [-0.15, -0.1) is 0 Å². The second kappa shape index (κ2) is 13.3. The maximum Gasteiger partial charge on any atom is 0.160 e. The lowest BCUT2D eigenvalue weighted by molar-refractivity contribution is 0.477. The van der Waals surface area contributed by atoms with Crippen molar-refractivity contribution in [3.8, 4) is 51.0 Å². The van der Waals surface area contributed by atoms with Gasteiger partial charge in [-0.05, 0) is 88.6 Å². The van der Waals surface area contributed by atoms with Gasteiger partial charge in [0.15, 0.2) is 17.3 Å². The van der Waals surface area contributed by atoms with Gasteiger partial charge in [-0.1, -0.05) is 140 Å². The summed E-state index contributed by atoms with van der Waals surface area (Å²) >= 11 is 0. The molecule has 0 amide bonds. The largest absolute Gasteiger partial charge is 0.453 e. The molecule has 2 aromatic heterocycles. The van der Waals surface area contributed by atoms with Gasteiger partial charge in [0.2, 0.25) is 0 Å². The number of anilines is 3. The van der Waals surface area contributed by atoms with Gasteiger partial charge in [-0.2, -0.15) is 0 Å². The molecule has 12 rings (SSSR count).